The third kappa shape index (κ3) is 4.09. The van der Waals surface area contributed by atoms with E-state index in [0.29, 0.717) is 6.42 Å². The van der Waals surface area contributed by atoms with Gasteiger partial charge in [-0.1, -0.05) is 46.3 Å². The van der Waals surface area contributed by atoms with Crippen molar-refractivity contribution < 1.29 is 4.79 Å². The number of carbonyl (C=O) groups is 1. The van der Waals surface area contributed by atoms with E-state index in [1.807, 2.05) is 54.6 Å². The highest BCUT2D eigenvalue weighted by atomic mass is 79.9. The minimum Gasteiger partial charge on any atom is -0.368 e. The van der Waals surface area contributed by atoms with Gasteiger partial charge in [0.15, 0.2) is 0 Å². The summed E-state index contributed by atoms with van der Waals surface area (Å²) in [5, 5.41) is 0. The standard InChI is InChI=1S/C16H17BrN2OS/c17-13-6-8-14(9-7-13)21-11-10-16(19,15(18)20)12-4-2-1-3-5-12/h1-9H,10-11,19H2,(H2,18,20). The normalized spacial score (nSPS) is 13.6. The summed E-state index contributed by atoms with van der Waals surface area (Å²) in [6.07, 6.45) is 0.493. The van der Waals surface area contributed by atoms with Crippen LogP contribution in [0, 0.1) is 0 Å². The molecule has 2 aromatic rings. The first kappa shape index (κ1) is 16.1. The summed E-state index contributed by atoms with van der Waals surface area (Å²) in [6, 6.07) is 17.3. The van der Waals surface area contributed by atoms with Crippen LogP contribution >= 0.6 is 27.7 Å². The average Bonchev–Trinajstić information content (AvgIpc) is 2.50. The second-order valence-corrected chi connectivity index (χ2v) is 6.84. The molecule has 0 saturated heterocycles. The predicted octanol–water partition coefficient (Wildman–Crippen LogP) is 3.27. The van der Waals surface area contributed by atoms with Crippen LogP contribution in [0.25, 0.3) is 0 Å². The summed E-state index contributed by atoms with van der Waals surface area (Å²) < 4.78 is 1.04. The zero-order valence-electron chi connectivity index (χ0n) is 11.5. The van der Waals surface area contributed by atoms with Gasteiger partial charge in [0.1, 0.15) is 5.54 Å². The number of primary amides is 1. The molecule has 1 amide bonds. The summed E-state index contributed by atoms with van der Waals surface area (Å²) >= 11 is 5.06. The van der Waals surface area contributed by atoms with E-state index in [0.717, 1.165) is 20.7 Å². The topological polar surface area (TPSA) is 69.1 Å². The number of thioether (sulfide) groups is 1. The van der Waals surface area contributed by atoms with Crippen molar-refractivity contribution in [3.05, 3.63) is 64.6 Å². The SMILES string of the molecule is NC(=O)C(N)(CCSc1ccc(Br)cc1)c1ccccc1. The van der Waals surface area contributed by atoms with E-state index in [9.17, 15) is 4.79 Å². The maximum atomic E-state index is 11.8. The molecule has 5 heteroatoms. The maximum absolute atomic E-state index is 11.8. The van der Waals surface area contributed by atoms with Crippen LogP contribution in [0.2, 0.25) is 0 Å². The summed E-state index contributed by atoms with van der Waals surface area (Å²) in [6.45, 7) is 0. The molecule has 0 aliphatic rings. The molecule has 0 heterocycles. The number of carbonyl (C=O) groups excluding carboxylic acids is 1. The summed E-state index contributed by atoms with van der Waals surface area (Å²) in [4.78, 5) is 12.9. The van der Waals surface area contributed by atoms with Gasteiger partial charge in [0.2, 0.25) is 5.91 Å². The Balaban J connectivity index is 2.04. The third-order valence-corrected chi connectivity index (χ3v) is 4.85. The molecule has 2 rings (SSSR count). The Morgan fingerprint density at radius 2 is 1.71 bits per heavy atom. The number of rotatable bonds is 6. The molecule has 1 atom stereocenters. The highest BCUT2D eigenvalue weighted by Gasteiger charge is 2.33. The fraction of sp³-hybridized carbons (Fsp3) is 0.188. The van der Waals surface area contributed by atoms with E-state index >= 15 is 0 Å². The molecular formula is C16H17BrN2OS. The highest BCUT2D eigenvalue weighted by Crippen LogP contribution is 2.27. The van der Waals surface area contributed by atoms with Gasteiger partial charge in [-0.25, -0.2) is 0 Å². The van der Waals surface area contributed by atoms with E-state index in [1.165, 1.54) is 0 Å². The van der Waals surface area contributed by atoms with Crippen LogP contribution in [0.5, 0.6) is 0 Å². The molecular weight excluding hydrogens is 348 g/mol. The van der Waals surface area contributed by atoms with E-state index in [1.54, 1.807) is 11.8 Å². The molecule has 0 aliphatic heterocycles. The van der Waals surface area contributed by atoms with Crippen LogP contribution in [-0.4, -0.2) is 11.7 Å². The molecule has 0 bridgehead atoms. The maximum Gasteiger partial charge on any atom is 0.242 e. The largest absolute Gasteiger partial charge is 0.368 e. The fourth-order valence-corrected chi connectivity index (χ4v) is 3.26. The molecule has 0 aliphatic carbocycles. The van der Waals surface area contributed by atoms with Crippen LogP contribution in [0.3, 0.4) is 0 Å². The van der Waals surface area contributed by atoms with Crippen molar-refractivity contribution in [3.8, 4) is 0 Å². The monoisotopic (exact) mass is 364 g/mol. The number of hydrogen-bond donors (Lipinski definition) is 2. The molecule has 2 aromatic carbocycles. The van der Waals surface area contributed by atoms with Crippen LogP contribution in [0.1, 0.15) is 12.0 Å². The molecule has 0 spiro atoms. The van der Waals surface area contributed by atoms with Gasteiger partial charge >= 0.3 is 0 Å². The van der Waals surface area contributed by atoms with E-state index < -0.39 is 11.4 Å². The summed E-state index contributed by atoms with van der Waals surface area (Å²) in [7, 11) is 0. The molecule has 4 N–H and O–H groups in total. The van der Waals surface area contributed by atoms with Crippen LogP contribution in [0.15, 0.2) is 64.0 Å². The zero-order valence-corrected chi connectivity index (χ0v) is 13.9. The van der Waals surface area contributed by atoms with Gasteiger partial charge in [-0.2, -0.15) is 0 Å². The Kier molecular flexibility index (Phi) is 5.45. The highest BCUT2D eigenvalue weighted by molar-refractivity contribution is 9.10. The molecule has 1 unspecified atom stereocenters. The van der Waals surface area contributed by atoms with Gasteiger partial charge in [0, 0.05) is 15.1 Å². The molecule has 0 saturated carbocycles. The smallest absolute Gasteiger partial charge is 0.242 e. The molecule has 0 fully saturated rings. The van der Waals surface area contributed by atoms with Crippen molar-refractivity contribution >= 4 is 33.6 Å². The fourth-order valence-electron chi connectivity index (χ4n) is 2.01. The van der Waals surface area contributed by atoms with Gasteiger partial charge in [-0.3, -0.25) is 4.79 Å². The van der Waals surface area contributed by atoms with Gasteiger partial charge in [0.05, 0.1) is 0 Å². The Morgan fingerprint density at radius 1 is 1.10 bits per heavy atom. The van der Waals surface area contributed by atoms with Crippen molar-refractivity contribution in [2.24, 2.45) is 11.5 Å². The molecule has 0 aromatic heterocycles. The Morgan fingerprint density at radius 3 is 2.29 bits per heavy atom. The lowest BCUT2D eigenvalue weighted by atomic mass is 9.88. The molecule has 3 nitrogen and oxygen atoms in total. The van der Waals surface area contributed by atoms with E-state index in [-0.39, 0.29) is 0 Å². The van der Waals surface area contributed by atoms with Crippen molar-refractivity contribution in [1.82, 2.24) is 0 Å². The minimum atomic E-state index is -1.12. The van der Waals surface area contributed by atoms with Gasteiger partial charge in [-0.05, 0) is 36.2 Å². The van der Waals surface area contributed by atoms with Crippen molar-refractivity contribution in [2.75, 3.05) is 5.75 Å². The number of amides is 1. The molecule has 21 heavy (non-hydrogen) atoms. The van der Waals surface area contributed by atoms with Gasteiger partial charge < -0.3 is 11.5 Å². The van der Waals surface area contributed by atoms with Crippen molar-refractivity contribution in [2.45, 2.75) is 16.9 Å². The summed E-state index contributed by atoms with van der Waals surface area (Å²) in [5.41, 5.74) is 11.4. The minimum absolute atomic E-state index is 0.493. The number of nitrogens with two attached hydrogens (primary N) is 2. The number of benzene rings is 2. The van der Waals surface area contributed by atoms with Crippen LogP contribution in [-0.2, 0) is 10.3 Å². The first-order valence-corrected chi connectivity index (χ1v) is 8.33. The predicted molar refractivity (Wildman–Crippen MR) is 91.0 cm³/mol. The van der Waals surface area contributed by atoms with Gasteiger partial charge in [-0.15, -0.1) is 11.8 Å². The van der Waals surface area contributed by atoms with Crippen LogP contribution in [0.4, 0.5) is 0 Å². The first-order chi connectivity index (χ1) is 10.0. The number of hydrogen-bond acceptors (Lipinski definition) is 3. The first-order valence-electron chi connectivity index (χ1n) is 6.55. The second-order valence-electron chi connectivity index (χ2n) is 4.75. The second kappa shape index (κ2) is 7.11. The lowest BCUT2D eigenvalue weighted by molar-refractivity contribution is -0.123. The zero-order chi connectivity index (χ0) is 15.3. The molecule has 110 valence electrons. The average molecular weight is 365 g/mol. The summed E-state index contributed by atoms with van der Waals surface area (Å²) in [5.74, 6) is 0.223. The molecule has 0 radical (unpaired) electrons. The van der Waals surface area contributed by atoms with E-state index in [2.05, 4.69) is 15.9 Å². The van der Waals surface area contributed by atoms with E-state index in [4.69, 9.17) is 11.5 Å². The Labute approximate surface area is 137 Å². The Hall–Kier alpha value is -1.30. The van der Waals surface area contributed by atoms with Gasteiger partial charge in [0.25, 0.3) is 0 Å². The number of halogens is 1. The Bertz CT molecular complexity index is 603. The van der Waals surface area contributed by atoms with Crippen molar-refractivity contribution in [1.29, 1.82) is 0 Å². The lowest BCUT2D eigenvalue weighted by Crippen LogP contribution is -2.49. The van der Waals surface area contributed by atoms with Crippen LogP contribution < -0.4 is 11.5 Å². The quantitative estimate of drug-likeness (QED) is 0.772. The third-order valence-electron chi connectivity index (χ3n) is 3.31. The lowest BCUT2D eigenvalue weighted by Gasteiger charge is -2.26. The van der Waals surface area contributed by atoms with Crippen molar-refractivity contribution in [3.63, 3.8) is 0 Å².